The van der Waals surface area contributed by atoms with Gasteiger partial charge in [-0.25, -0.2) is 0 Å². The molecular weight excluding hydrogens is 188 g/mol. The van der Waals surface area contributed by atoms with Crippen LogP contribution in [-0.2, 0) is 4.74 Å². The molecule has 0 aromatic carbocycles. The Hall–Kier alpha value is -0.120. The highest BCUT2D eigenvalue weighted by atomic mass is 16.5. The second-order valence-corrected chi connectivity index (χ2v) is 5.13. The molecule has 3 nitrogen and oxygen atoms in total. The van der Waals surface area contributed by atoms with E-state index in [0.29, 0.717) is 6.10 Å². The third-order valence-electron chi connectivity index (χ3n) is 4.21. The van der Waals surface area contributed by atoms with Gasteiger partial charge in [-0.05, 0) is 39.2 Å². The zero-order chi connectivity index (χ0) is 10.9. The van der Waals surface area contributed by atoms with E-state index in [4.69, 9.17) is 10.5 Å². The third kappa shape index (κ3) is 2.19. The minimum Gasteiger partial charge on any atom is -0.378 e. The maximum atomic E-state index is 6.02. The van der Waals surface area contributed by atoms with Crippen LogP contribution in [0.4, 0.5) is 0 Å². The van der Waals surface area contributed by atoms with E-state index < -0.39 is 0 Å². The van der Waals surface area contributed by atoms with Crippen LogP contribution in [0.15, 0.2) is 0 Å². The molecule has 0 spiro atoms. The molecule has 2 N–H and O–H groups in total. The van der Waals surface area contributed by atoms with Crippen molar-refractivity contribution in [2.75, 3.05) is 20.2 Å². The topological polar surface area (TPSA) is 38.5 Å². The Kier molecular flexibility index (Phi) is 3.33. The summed E-state index contributed by atoms with van der Waals surface area (Å²) in [5.74, 6) is 0. The van der Waals surface area contributed by atoms with Crippen LogP contribution in [0, 0.1) is 0 Å². The second kappa shape index (κ2) is 4.40. The van der Waals surface area contributed by atoms with Crippen molar-refractivity contribution in [3.05, 3.63) is 0 Å². The molecule has 15 heavy (non-hydrogen) atoms. The lowest BCUT2D eigenvalue weighted by Crippen LogP contribution is -2.57. The standard InChI is InChI=1S/C12H24N2O/c1-3-11-8-12(9-13,6-7-15-11)14(2)10-4-5-10/h10-11H,3-9,13H2,1-2H3. The van der Waals surface area contributed by atoms with E-state index in [9.17, 15) is 0 Å². The molecule has 3 heteroatoms. The van der Waals surface area contributed by atoms with Crippen LogP contribution in [0.3, 0.4) is 0 Å². The van der Waals surface area contributed by atoms with E-state index in [1.54, 1.807) is 0 Å². The monoisotopic (exact) mass is 212 g/mol. The Morgan fingerprint density at radius 2 is 2.20 bits per heavy atom. The van der Waals surface area contributed by atoms with Crippen molar-refractivity contribution in [2.24, 2.45) is 5.73 Å². The van der Waals surface area contributed by atoms with Crippen LogP contribution in [0.25, 0.3) is 0 Å². The number of ether oxygens (including phenoxy) is 1. The number of nitrogens with two attached hydrogens (primary N) is 1. The van der Waals surface area contributed by atoms with E-state index in [1.807, 2.05) is 0 Å². The van der Waals surface area contributed by atoms with Crippen molar-refractivity contribution in [1.29, 1.82) is 0 Å². The van der Waals surface area contributed by atoms with Gasteiger partial charge in [0.1, 0.15) is 0 Å². The van der Waals surface area contributed by atoms with Crippen molar-refractivity contribution >= 4 is 0 Å². The minimum absolute atomic E-state index is 0.222. The molecule has 1 saturated heterocycles. The zero-order valence-electron chi connectivity index (χ0n) is 10.0. The van der Waals surface area contributed by atoms with Crippen LogP contribution in [-0.4, -0.2) is 42.8 Å². The van der Waals surface area contributed by atoms with Crippen molar-refractivity contribution in [2.45, 2.75) is 56.7 Å². The number of likely N-dealkylation sites (N-methyl/N-ethyl adjacent to an activating group) is 1. The van der Waals surface area contributed by atoms with E-state index in [1.165, 1.54) is 12.8 Å². The molecule has 1 aliphatic carbocycles. The molecule has 2 rings (SSSR count). The molecule has 0 amide bonds. The number of hydrogen-bond acceptors (Lipinski definition) is 3. The second-order valence-electron chi connectivity index (χ2n) is 5.13. The molecule has 2 unspecified atom stereocenters. The molecular formula is C12H24N2O. The largest absolute Gasteiger partial charge is 0.378 e. The first kappa shape index (κ1) is 11.4. The normalized spacial score (nSPS) is 37.2. The SMILES string of the molecule is CCC1CC(CN)(N(C)C2CC2)CCO1. The highest BCUT2D eigenvalue weighted by molar-refractivity contribution is 5.00. The lowest BCUT2D eigenvalue weighted by molar-refractivity contribution is -0.0671. The van der Waals surface area contributed by atoms with Gasteiger partial charge in [0.05, 0.1) is 6.10 Å². The summed E-state index contributed by atoms with van der Waals surface area (Å²) >= 11 is 0. The predicted octanol–water partition coefficient (Wildman–Crippen LogP) is 1.37. The van der Waals surface area contributed by atoms with Crippen LogP contribution in [0.2, 0.25) is 0 Å². The Morgan fingerprint density at radius 3 is 2.73 bits per heavy atom. The smallest absolute Gasteiger partial charge is 0.0590 e. The Labute approximate surface area is 93.0 Å². The quantitative estimate of drug-likeness (QED) is 0.765. The van der Waals surface area contributed by atoms with Gasteiger partial charge in [-0.3, -0.25) is 4.90 Å². The number of rotatable bonds is 4. The maximum Gasteiger partial charge on any atom is 0.0590 e. The van der Waals surface area contributed by atoms with E-state index in [-0.39, 0.29) is 5.54 Å². The predicted molar refractivity (Wildman–Crippen MR) is 61.8 cm³/mol. The van der Waals surface area contributed by atoms with E-state index in [0.717, 1.165) is 38.5 Å². The van der Waals surface area contributed by atoms with Gasteiger partial charge in [0.25, 0.3) is 0 Å². The van der Waals surface area contributed by atoms with Crippen molar-refractivity contribution < 1.29 is 4.74 Å². The summed E-state index contributed by atoms with van der Waals surface area (Å²) in [4.78, 5) is 2.54. The van der Waals surface area contributed by atoms with Gasteiger partial charge < -0.3 is 10.5 Å². The maximum absolute atomic E-state index is 6.02. The summed E-state index contributed by atoms with van der Waals surface area (Å²) in [6, 6.07) is 0.796. The molecule has 0 radical (unpaired) electrons. The lowest BCUT2D eigenvalue weighted by Gasteiger charge is -2.46. The number of hydrogen-bond donors (Lipinski definition) is 1. The summed E-state index contributed by atoms with van der Waals surface area (Å²) in [5.41, 5.74) is 6.25. The average molecular weight is 212 g/mol. The fraction of sp³-hybridized carbons (Fsp3) is 1.00. The van der Waals surface area contributed by atoms with E-state index in [2.05, 4.69) is 18.9 Å². The van der Waals surface area contributed by atoms with Crippen molar-refractivity contribution in [3.63, 3.8) is 0 Å². The Balaban J connectivity index is 2.04. The van der Waals surface area contributed by atoms with Gasteiger partial charge in [-0.1, -0.05) is 6.92 Å². The van der Waals surface area contributed by atoms with Crippen molar-refractivity contribution in [1.82, 2.24) is 4.90 Å². The first-order valence-electron chi connectivity index (χ1n) is 6.26. The van der Waals surface area contributed by atoms with Gasteiger partial charge in [0, 0.05) is 24.7 Å². The van der Waals surface area contributed by atoms with Gasteiger partial charge >= 0.3 is 0 Å². The summed E-state index contributed by atoms with van der Waals surface area (Å²) in [5, 5.41) is 0. The van der Waals surface area contributed by atoms with E-state index >= 15 is 0 Å². The molecule has 0 aromatic rings. The highest BCUT2D eigenvalue weighted by Crippen LogP contribution is 2.38. The fourth-order valence-electron chi connectivity index (χ4n) is 2.76. The first-order valence-corrected chi connectivity index (χ1v) is 6.26. The highest BCUT2D eigenvalue weighted by Gasteiger charge is 2.44. The molecule has 0 bridgehead atoms. The van der Waals surface area contributed by atoms with Gasteiger partial charge in [0.2, 0.25) is 0 Å². The van der Waals surface area contributed by atoms with Gasteiger partial charge in [0.15, 0.2) is 0 Å². The van der Waals surface area contributed by atoms with Crippen LogP contribution in [0.1, 0.15) is 39.0 Å². The lowest BCUT2D eigenvalue weighted by atomic mass is 9.84. The zero-order valence-corrected chi connectivity index (χ0v) is 10.0. The molecule has 88 valence electrons. The Morgan fingerprint density at radius 1 is 1.47 bits per heavy atom. The van der Waals surface area contributed by atoms with Crippen molar-refractivity contribution in [3.8, 4) is 0 Å². The average Bonchev–Trinajstić information content (AvgIpc) is 3.12. The molecule has 1 aliphatic heterocycles. The third-order valence-corrected chi connectivity index (χ3v) is 4.21. The first-order chi connectivity index (χ1) is 7.22. The summed E-state index contributed by atoms with van der Waals surface area (Å²) in [6.07, 6.45) is 6.47. The fourth-order valence-corrected chi connectivity index (χ4v) is 2.76. The Bertz CT molecular complexity index is 218. The van der Waals surface area contributed by atoms with Crippen LogP contribution < -0.4 is 5.73 Å². The molecule has 1 heterocycles. The molecule has 1 saturated carbocycles. The molecule has 2 fully saturated rings. The van der Waals surface area contributed by atoms with Gasteiger partial charge in [-0.15, -0.1) is 0 Å². The molecule has 0 aromatic heterocycles. The van der Waals surface area contributed by atoms with Crippen LogP contribution in [0.5, 0.6) is 0 Å². The van der Waals surface area contributed by atoms with Gasteiger partial charge in [-0.2, -0.15) is 0 Å². The summed E-state index contributed by atoms with van der Waals surface area (Å²) in [7, 11) is 2.25. The molecule has 2 atom stereocenters. The summed E-state index contributed by atoms with van der Waals surface area (Å²) in [6.45, 7) is 3.86. The number of nitrogens with zero attached hydrogens (tertiary/aromatic N) is 1. The minimum atomic E-state index is 0.222. The molecule has 2 aliphatic rings. The summed E-state index contributed by atoms with van der Waals surface area (Å²) < 4.78 is 5.75. The van der Waals surface area contributed by atoms with Crippen LogP contribution >= 0.6 is 0 Å².